The Morgan fingerprint density at radius 2 is 0.895 bits per heavy atom. The van der Waals surface area contributed by atoms with E-state index in [1.165, 1.54) is 0 Å². The zero-order chi connectivity index (χ0) is 14.2. The summed E-state index contributed by atoms with van der Waals surface area (Å²) < 4.78 is 0. The molecule has 0 aliphatic rings. The largest absolute Gasteiger partial charge is 2.00 e. The summed E-state index contributed by atoms with van der Waals surface area (Å²) in [6.45, 7) is 8.38. The van der Waals surface area contributed by atoms with E-state index in [1.807, 2.05) is 0 Å². The van der Waals surface area contributed by atoms with Crippen molar-refractivity contribution < 1.29 is 10.2 Å². The zero-order valence-corrected chi connectivity index (χ0v) is 15.2. The van der Waals surface area contributed by atoms with Gasteiger partial charge in [-0.3, -0.25) is 0 Å². The van der Waals surface area contributed by atoms with Crippen molar-refractivity contribution in [2.75, 3.05) is 0 Å². The Kier molecular flexibility index (Phi) is 27.3. The van der Waals surface area contributed by atoms with Crippen LogP contribution >= 0.6 is 0 Å². The molecule has 0 aliphatic carbocycles. The van der Waals surface area contributed by atoms with Crippen LogP contribution < -0.4 is 10.2 Å². The molecule has 3 heteroatoms. The van der Waals surface area contributed by atoms with Gasteiger partial charge < -0.3 is 10.2 Å². The molecule has 112 valence electrons. The maximum atomic E-state index is 10.9. The quantitative estimate of drug-likeness (QED) is 0.578. The van der Waals surface area contributed by atoms with Crippen LogP contribution in [0.2, 0.25) is 0 Å². The smallest absolute Gasteiger partial charge is 0.852 e. The van der Waals surface area contributed by atoms with Crippen LogP contribution in [0.1, 0.15) is 91.9 Å². The fourth-order valence-electron chi connectivity index (χ4n) is 1.80. The van der Waals surface area contributed by atoms with Gasteiger partial charge in [-0.2, -0.15) is 0 Å². The average molecular weight is 283 g/mol. The van der Waals surface area contributed by atoms with Crippen LogP contribution in [0.15, 0.2) is 0 Å². The molecule has 0 aliphatic heterocycles. The van der Waals surface area contributed by atoms with Gasteiger partial charge in [-0.1, -0.05) is 91.9 Å². The van der Waals surface area contributed by atoms with Crippen molar-refractivity contribution in [3.05, 3.63) is 0 Å². The van der Waals surface area contributed by atoms with E-state index < -0.39 is 0 Å². The molecule has 0 fully saturated rings. The summed E-state index contributed by atoms with van der Waals surface area (Å²) >= 11 is 0. The van der Waals surface area contributed by atoms with Gasteiger partial charge >= 0.3 is 23.1 Å². The molecule has 0 aromatic heterocycles. The first-order valence-corrected chi connectivity index (χ1v) is 7.93. The van der Waals surface area contributed by atoms with Crippen molar-refractivity contribution in [2.45, 2.75) is 104 Å². The fraction of sp³-hybridized carbons (Fsp3) is 1.00. The molecule has 0 heterocycles. The van der Waals surface area contributed by atoms with E-state index >= 15 is 0 Å². The Bertz CT molecular complexity index is 127. The molecule has 2 unspecified atom stereocenters. The minimum atomic E-state index is -0.282. The molecule has 2 atom stereocenters. The van der Waals surface area contributed by atoms with E-state index in [2.05, 4.69) is 27.7 Å². The molecule has 0 amide bonds. The van der Waals surface area contributed by atoms with Gasteiger partial charge in [0.2, 0.25) is 0 Å². The Labute approximate surface area is 137 Å². The predicted molar refractivity (Wildman–Crippen MR) is 82.2 cm³/mol. The molecule has 0 bridgehead atoms. The topological polar surface area (TPSA) is 46.1 Å². The average Bonchev–Trinajstić information content (AvgIpc) is 2.35. The molecule has 0 aromatic carbocycles. The summed E-state index contributed by atoms with van der Waals surface area (Å²) in [5, 5.41) is 21.8. The van der Waals surface area contributed by atoms with E-state index in [0.29, 0.717) is 0 Å². The third kappa shape index (κ3) is 24.1. The first-order valence-electron chi connectivity index (χ1n) is 7.93. The van der Waals surface area contributed by atoms with E-state index in [-0.39, 0.29) is 35.3 Å². The molecule has 0 radical (unpaired) electrons. The summed E-state index contributed by atoms with van der Waals surface area (Å²) in [6, 6.07) is 0. The maximum Gasteiger partial charge on any atom is 2.00 e. The number of unbranched alkanes of at least 4 members (excludes halogenated alkanes) is 2. The standard InChI is InChI=1S/2C8H17O.Mg/c2*1-3-5-7-8(9)6-4-2;/h2*8H,3-7H2,1-2H3;/q2*-1;+2. The van der Waals surface area contributed by atoms with Crippen LogP contribution in [0.5, 0.6) is 0 Å². The van der Waals surface area contributed by atoms with Gasteiger partial charge in [0, 0.05) is 0 Å². The van der Waals surface area contributed by atoms with Crippen LogP contribution in [0.4, 0.5) is 0 Å². The first kappa shape index (κ1) is 24.7. The molecule has 19 heavy (non-hydrogen) atoms. The van der Waals surface area contributed by atoms with E-state index in [9.17, 15) is 10.2 Å². The van der Waals surface area contributed by atoms with Crippen molar-refractivity contribution in [1.82, 2.24) is 0 Å². The van der Waals surface area contributed by atoms with Gasteiger partial charge in [0.15, 0.2) is 0 Å². The summed E-state index contributed by atoms with van der Waals surface area (Å²) in [5.41, 5.74) is 0. The molecule has 2 nitrogen and oxygen atoms in total. The Morgan fingerprint density at radius 1 is 0.579 bits per heavy atom. The summed E-state index contributed by atoms with van der Waals surface area (Å²) in [4.78, 5) is 0. The Balaban J connectivity index is -0.000000256. The van der Waals surface area contributed by atoms with Gasteiger partial charge in [0.1, 0.15) is 0 Å². The summed E-state index contributed by atoms with van der Waals surface area (Å²) in [6.07, 6.45) is 9.52. The van der Waals surface area contributed by atoms with Crippen molar-refractivity contribution in [3.8, 4) is 0 Å². The molecular weight excluding hydrogens is 248 g/mol. The molecular formula is C16H34MgO2. The number of rotatable bonds is 10. The Morgan fingerprint density at radius 3 is 1.11 bits per heavy atom. The number of hydrogen-bond donors (Lipinski definition) is 0. The minimum absolute atomic E-state index is 0. The van der Waals surface area contributed by atoms with Crippen molar-refractivity contribution in [2.24, 2.45) is 0 Å². The van der Waals surface area contributed by atoms with Gasteiger partial charge in [-0.05, 0) is 0 Å². The second-order valence-corrected chi connectivity index (χ2v) is 5.11. The van der Waals surface area contributed by atoms with Crippen molar-refractivity contribution in [1.29, 1.82) is 0 Å². The van der Waals surface area contributed by atoms with Crippen LogP contribution in [-0.4, -0.2) is 35.3 Å². The van der Waals surface area contributed by atoms with Crippen LogP contribution in [-0.2, 0) is 0 Å². The van der Waals surface area contributed by atoms with Crippen LogP contribution in [0.3, 0.4) is 0 Å². The van der Waals surface area contributed by atoms with E-state index in [0.717, 1.165) is 64.2 Å². The third-order valence-electron chi connectivity index (χ3n) is 2.98. The van der Waals surface area contributed by atoms with E-state index in [1.54, 1.807) is 0 Å². The molecule has 0 aromatic rings. The van der Waals surface area contributed by atoms with Gasteiger partial charge in [-0.25, -0.2) is 0 Å². The SMILES string of the molecule is CCCCC([O-])CCC.CCCCC([O-])CCC.[Mg+2]. The van der Waals surface area contributed by atoms with Gasteiger partial charge in [0.05, 0.1) is 0 Å². The minimum Gasteiger partial charge on any atom is -0.852 e. The van der Waals surface area contributed by atoms with Crippen LogP contribution in [0.25, 0.3) is 0 Å². The predicted octanol–water partition coefficient (Wildman–Crippen LogP) is 3.03. The van der Waals surface area contributed by atoms with Gasteiger partial charge in [0.25, 0.3) is 0 Å². The normalized spacial score (nSPS) is 12.9. The van der Waals surface area contributed by atoms with Crippen molar-refractivity contribution in [3.63, 3.8) is 0 Å². The van der Waals surface area contributed by atoms with Crippen molar-refractivity contribution >= 4 is 23.1 Å². The first-order chi connectivity index (χ1) is 8.62. The van der Waals surface area contributed by atoms with Crippen LogP contribution in [0, 0.1) is 0 Å². The van der Waals surface area contributed by atoms with Gasteiger partial charge in [-0.15, -0.1) is 12.2 Å². The molecule has 0 rings (SSSR count). The number of hydrogen-bond acceptors (Lipinski definition) is 2. The second kappa shape index (κ2) is 21.0. The maximum absolute atomic E-state index is 10.9. The molecule has 0 N–H and O–H groups in total. The zero-order valence-electron chi connectivity index (χ0n) is 13.7. The fourth-order valence-corrected chi connectivity index (χ4v) is 1.80. The second-order valence-electron chi connectivity index (χ2n) is 5.11. The molecule has 0 saturated carbocycles. The summed E-state index contributed by atoms with van der Waals surface area (Å²) in [5.74, 6) is 0. The van der Waals surface area contributed by atoms with E-state index in [4.69, 9.17) is 0 Å². The monoisotopic (exact) mass is 282 g/mol. The molecule has 0 saturated heterocycles. The summed E-state index contributed by atoms with van der Waals surface area (Å²) in [7, 11) is 0. The Hall–Kier alpha value is 0.686. The third-order valence-corrected chi connectivity index (χ3v) is 2.98. The molecule has 0 spiro atoms.